The third-order valence-electron chi connectivity index (χ3n) is 5.63. The van der Waals surface area contributed by atoms with Gasteiger partial charge in [-0.1, -0.05) is 26.0 Å². The fourth-order valence-corrected chi connectivity index (χ4v) is 3.87. The second-order valence-electron chi connectivity index (χ2n) is 8.12. The van der Waals surface area contributed by atoms with E-state index in [1.807, 2.05) is 0 Å². The maximum atomic E-state index is 5.99. The summed E-state index contributed by atoms with van der Waals surface area (Å²) in [6, 6.07) is 8.44. The van der Waals surface area contributed by atoms with Gasteiger partial charge in [-0.2, -0.15) is 0 Å². The summed E-state index contributed by atoms with van der Waals surface area (Å²) in [6.45, 7) is 8.39. The fourth-order valence-electron chi connectivity index (χ4n) is 3.87. The van der Waals surface area contributed by atoms with Gasteiger partial charge in [0, 0.05) is 5.41 Å². The lowest BCUT2D eigenvalue weighted by atomic mass is 9.79. The number of rotatable bonds is 4. The molecule has 22 heavy (non-hydrogen) atoms. The fraction of sp³-hybridized carbons (Fsp3) is 0.684. The first-order valence-electron chi connectivity index (χ1n) is 8.48. The van der Waals surface area contributed by atoms with Crippen molar-refractivity contribution in [1.82, 2.24) is 0 Å². The van der Waals surface area contributed by atoms with Crippen molar-refractivity contribution in [2.75, 3.05) is 13.2 Å². The number of benzene rings is 1. The second kappa shape index (κ2) is 4.97. The molecule has 1 aromatic rings. The largest absolute Gasteiger partial charge is 0.493 e. The molecular weight excluding hydrogens is 276 g/mol. The van der Waals surface area contributed by atoms with E-state index in [1.165, 1.54) is 18.4 Å². The van der Waals surface area contributed by atoms with Crippen molar-refractivity contribution in [2.24, 2.45) is 11.3 Å². The summed E-state index contributed by atoms with van der Waals surface area (Å²) >= 11 is 0. The van der Waals surface area contributed by atoms with E-state index in [2.05, 4.69) is 45.0 Å². The van der Waals surface area contributed by atoms with E-state index in [0.717, 1.165) is 25.4 Å². The zero-order valence-electron chi connectivity index (χ0n) is 13.8. The SMILES string of the molecule is CC1(C)COC1c1ccc(OCC2CCC3(C)OC3C2)cc1. The predicted octanol–water partition coefficient (Wildman–Crippen LogP) is 4.12. The Morgan fingerprint density at radius 1 is 1.18 bits per heavy atom. The highest BCUT2D eigenvalue weighted by molar-refractivity contribution is 5.30. The molecule has 1 saturated carbocycles. The molecule has 1 aliphatic carbocycles. The Morgan fingerprint density at radius 3 is 2.55 bits per heavy atom. The lowest BCUT2D eigenvalue weighted by Crippen LogP contribution is -2.40. The molecule has 0 N–H and O–H groups in total. The molecule has 0 bridgehead atoms. The van der Waals surface area contributed by atoms with Crippen LogP contribution in [0.5, 0.6) is 5.75 Å². The maximum absolute atomic E-state index is 5.99. The first kappa shape index (κ1) is 14.5. The average Bonchev–Trinajstić information content (AvgIpc) is 3.16. The van der Waals surface area contributed by atoms with Gasteiger partial charge in [-0.05, 0) is 49.8 Å². The summed E-state index contributed by atoms with van der Waals surface area (Å²) in [5.41, 5.74) is 1.71. The van der Waals surface area contributed by atoms with E-state index in [1.54, 1.807) is 0 Å². The minimum atomic E-state index is 0.202. The molecule has 4 atom stereocenters. The molecule has 2 saturated heterocycles. The summed E-state index contributed by atoms with van der Waals surface area (Å²) < 4.78 is 17.4. The van der Waals surface area contributed by atoms with Gasteiger partial charge in [-0.25, -0.2) is 0 Å². The molecule has 0 radical (unpaired) electrons. The summed E-state index contributed by atoms with van der Waals surface area (Å²) in [7, 11) is 0. The Balaban J connectivity index is 1.30. The Kier molecular flexibility index (Phi) is 3.28. The molecule has 120 valence electrons. The van der Waals surface area contributed by atoms with Crippen LogP contribution in [0.3, 0.4) is 0 Å². The molecule has 4 rings (SSSR count). The van der Waals surface area contributed by atoms with E-state index >= 15 is 0 Å². The van der Waals surface area contributed by atoms with Crippen LogP contribution in [-0.4, -0.2) is 24.9 Å². The van der Waals surface area contributed by atoms with Crippen LogP contribution in [0.1, 0.15) is 51.7 Å². The summed E-state index contributed by atoms with van der Waals surface area (Å²) in [5, 5.41) is 0. The van der Waals surface area contributed by atoms with Gasteiger partial charge < -0.3 is 14.2 Å². The highest BCUT2D eigenvalue weighted by atomic mass is 16.6. The molecule has 3 aliphatic rings. The molecule has 0 amide bonds. The molecule has 3 fully saturated rings. The molecular formula is C19H26O3. The Labute approximate surface area is 132 Å². The predicted molar refractivity (Wildman–Crippen MR) is 85.0 cm³/mol. The third kappa shape index (κ3) is 2.55. The monoisotopic (exact) mass is 302 g/mol. The van der Waals surface area contributed by atoms with E-state index in [4.69, 9.17) is 14.2 Å². The van der Waals surface area contributed by atoms with Crippen LogP contribution < -0.4 is 4.74 Å². The van der Waals surface area contributed by atoms with E-state index < -0.39 is 0 Å². The summed E-state index contributed by atoms with van der Waals surface area (Å²) in [6.07, 6.45) is 4.26. The van der Waals surface area contributed by atoms with Gasteiger partial charge in [0.2, 0.25) is 0 Å². The lowest BCUT2D eigenvalue weighted by Gasteiger charge is -2.44. The van der Waals surface area contributed by atoms with Crippen LogP contribution in [0.2, 0.25) is 0 Å². The standard InChI is InChI=1S/C19H26O3/c1-18(2)12-21-17(18)14-4-6-15(7-5-14)20-11-13-8-9-19(3)16(10-13)22-19/h4-7,13,16-17H,8-12H2,1-3H3. The van der Waals surface area contributed by atoms with Crippen LogP contribution in [-0.2, 0) is 9.47 Å². The van der Waals surface area contributed by atoms with Crippen molar-refractivity contribution in [3.63, 3.8) is 0 Å². The number of epoxide rings is 1. The zero-order chi connectivity index (χ0) is 15.4. The number of hydrogen-bond donors (Lipinski definition) is 0. The minimum Gasteiger partial charge on any atom is -0.493 e. The van der Waals surface area contributed by atoms with Crippen molar-refractivity contribution >= 4 is 0 Å². The molecule has 0 aromatic heterocycles. The summed E-state index contributed by atoms with van der Waals surface area (Å²) in [5.74, 6) is 1.60. The van der Waals surface area contributed by atoms with Gasteiger partial charge in [-0.3, -0.25) is 0 Å². The zero-order valence-corrected chi connectivity index (χ0v) is 13.8. The molecule has 0 spiro atoms. The molecule has 2 heterocycles. The van der Waals surface area contributed by atoms with Crippen LogP contribution in [0, 0.1) is 11.3 Å². The minimum absolute atomic E-state index is 0.202. The quantitative estimate of drug-likeness (QED) is 0.784. The van der Waals surface area contributed by atoms with E-state index in [-0.39, 0.29) is 17.1 Å². The molecule has 4 unspecified atom stereocenters. The van der Waals surface area contributed by atoms with E-state index in [0.29, 0.717) is 12.0 Å². The van der Waals surface area contributed by atoms with Crippen molar-refractivity contribution in [3.05, 3.63) is 29.8 Å². The molecule has 3 nitrogen and oxygen atoms in total. The first-order chi connectivity index (χ1) is 10.5. The van der Waals surface area contributed by atoms with Gasteiger partial charge in [0.1, 0.15) is 5.75 Å². The van der Waals surface area contributed by atoms with Crippen LogP contribution in [0.25, 0.3) is 0 Å². The van der Waals surface area contributed by atoms with Gasteiger partial charge in [-0.15, -0.1) is 0 Å². The Bertz CT molecular complexity index is 550. The van der Waals surface area contributed by atoms with Gasteiger partial charge >= 0.3 is 0 Å². The maximum Gasteiger partial charge on any atom is 0.119 e. The van der Waals surface area contributed by atoms with Crippen LogP contribution >= 0.6 is 0 Å². The van der Waals surface area contributed by atoms with E-state index in [9.17, 15) is 0 Å². The Hall–Kier alpha value is -1.06. The van der Waals surface area contributed by atoms with Gasteiger partial charge in [0.25, 0.3) is 0 Å². The second-order valence-corrected chi connectivity index (χ2v) is 8.12. The highest BCUT2D eigenvalue weighted by Gasteiger charge is 2.55. The molecule has 2 aliphatic heterocycles. The first-order valence-corrected chi connectivity index (χ1v) is 8.48. The number of fused-ring (bicyclic) bond motifs is 1. The van der Waals surface area contributed by atoms with Crippen molar-refractivity contribution in [2.45, 2.75) is 57.8 Å². The third-order valence-corrected chi connectivity index (χ3v) is 5.63. The van der Waals surface area contributed by atoms with Gasteiger partial charge in [0.15, 0.2) is 0 Å². The van der Waals surface area contributed by atoms with Crippen molar-refractivity contribution < 1.29 is 14.2 Å². The van der Waals surface area contributed by atoms with Crippen LogP contribution in [0.4, 0.5) is 0 Å². The summed E-state index contributed by atoms with van der Waals surface area (Å²) in [4.78, 5) is 0. The number of hydrogen-bond acceptors (Lipinski definition) is 3. The van der Waals surface area contributed by atoms with Gasteiger partial charge in [0.05, 0.1) is 31.0 Å². The average molecular weight is 302 g/mol. The number of ether oxygens (including phenoxy) is 3. The smallest absolute Gasteiger partial charge is 0.119 e. The Morgan fingerprint density at radius 2 is 1.95 bits per heavy atom. The normalized spacial score (nSPS) is 38.8. The lowest BCUT2D eigenvalue weighted by molar-refractivity contribution is -0.172. The highest BCUT2D eigenvalue weighted by Crippen LogP contribution is 2.49. The van der Waals surface area contributed by atoms with Crippen molar-refractivity contribution in [1.29, 1.82) is 0 Å². The topological polar surface area (TPSA) is 31.0 Å². The molecule has 3 heteroatoms. The van der Waals surface area contributed by atoms with Crippen molar-refractivity contribution in [3.8, 4) is 5.75 Å². The molecule has 1 aromatic carbocycles. The van der Waals surface area contributed by atoms with Crippen LogP contribution in [0.15, 0.2) is 24.3 Å².